The highest BCUT2D eigenvalue weighted by molar-refractivity contribution is 5.78. The van der Waals surface area contributed by atoms with Crippen LogP contribution in [-0.2, 0) is 9.59 Å². The predicted octanol–water partition coefficient (Wildman–Crippen LogP) is 3.37. The number of rotatable bonds is 6. The van der Waals surface area contributed by atoms with E-state index in [1.54, 1.807) is 13.8 Å². The molecule has 4 nitrogen and oxygen atoms in total. The van der Waals surface area contributed by atoms with Crippen molar-refractivity contribution in [3.63, 3.8) is 0 Å². The molecule has 2 N–H and O–H groups in total. The summed E-state index contributed by atoms with van der Waals surface area (Å²) in [6, 6.07) is 6.08. The number of benzene rings is 1. The van der Waals surface area contributed by atoms with Crippen LogP contribution in [0.15, 0.2) is 18.2 Å². The fourth-order valence-corrected chi connectivity index (χ4v) is 2.50. The van der Waals surface area contributed by atoms with E-state index in [2.05, 4.69) is 11.4 Å². The zero-order chi connectivity index (χ0) is 16.2. The van der Waals surface area contributed by atoms with Crippen LogP contribution in [0.25, 0.3) is 0 Å². The molecule has 21 heavy (non-hydrogen) atoms. The van der Waals surface area contributed by atoms with Gasteiger partial charge in [0.25, 0.3) is 0 Å². The van der Waals surface area contributed by atoms with Crippen molar-refractivity contribution in [2.75, 3.05) is 0 Å². The van der Waals surface area contributed by atoms with Crippen LogP contribution < -0.4 is 5.32 Å². The highest BCUT2D eigenvalue weighted by Gasteiger charge is 2.26. The number of carboxylic acid groups (broad SMARTS) is 1. The lowest BCUT2D eigenvalue weighted by molar-refractivity contribution is -0.139. The minimum atomic E-state index is -0.879. The van der Waals surface area contributed by atoms with Crippen molar-refractivity contribution in [2.45, 2.75) is 53.5 Å². The van der Waals surface area contributed by atoms with E-state index in [0.717, 1.165) is 16.7 Å². The van der Waals surface area contributed by atoms with Gasteiger partial charge < -0.3 is 10.4 Å². The first kappa shape index (κ1) is 17.2. The molecule has 0 aliphatic heterocycles. The highest BCUT2D eigenvalue weighted by atomic mass is 16.4. The van der Waals surface area contributed by atoms with Gasteiger partial charge in [0, 0.05) is 6.42 Å². The van der Waals surface area contributed by atoms with Gasteiger partial charge >= 0.3 is 5.97 Å². The van der Waals surface area contributed by atoms with Gasteiger partial charge in [0.1, 0.15) is 0 Å². The quantitative estimate of drug-likeness (QED) is 0.844. The molecule has 0 saturated heterocycles. The number of hydrogen-bond donors (Lipinski definition) is 2. The van der Waals surface area contributed by atoms with Crippen molar-refractivity contribution in [2.24, 2.45) is 5.41 Å². The third-order valence-electron chi connectivity index (χ3n) is 3.55. The third kappa shape index (κ3) is 5.58. The first-order chi connectivity index (χ1) is 9.60. The van der Waals surface area contributed by atoms with E-state index in [-0.39, 0.29) is 24.8 Å². The van der Waals surface area contributed by atoms with Gasteiger partial charge in [0.15, 0.2) is 0 Å². The fraction of sp³-hybridized carbons (Fsp3) is 0.529. The van der Waals surface area contributed by atoms with Crippen LogP contribution in [0, 0.1) is 19.3 Å². The summed E-state index contributed by atoms with van der Waals surface area (Å²) in [5.41, 5.74) is 2.84. The lowest BCUT2D eigenvalue weighted by atomic mass is 9.85. The maximum atomic E-state index is 12.1. The van der Waals surface area contributed by atoms with E-state index in [9.17, 15) is 9.59 Å². The summed E-state index contributed by atoms with van der Waals surface area (Å²) >= 11 is 0. The molecule has 1 unspecified atom stereocenters. The van der Waals surface area contributed by atoms with Crippen molar-refractivity contribution < 1.29 is 14.7 Å². The molecule has 1 amide bonds. The third-order valence-corrected chi connectivity index (χ3v) is 3.55. The topological polar surface area (TPSA) is 66.4 Å². The lowest BCUT2D eigenvalue weighted by Gasteiger charge is -2.24. The number of amides is 1. The SMILES string of the molecule is Cc1ccc(C)c(C(C)NC(=O)CC(C)(C)CC(=O)O)c1. The molecule has 0 aliphatic rings. The minimum absolute atomic E-state index is 0.0156. The van der Waals surface area contributed by atoms with E-state index in [1.807, 2.05) is 32.9 Å². The Labute approximate surface area is 126 Å². The molecule has 0 bridgehead atoms. The van der Waals surface area contributed by atoms with E-state index in [1.165, 1.54) is 0 Å². The first-order valence-electron chi connectivity index (χ1n) is 7.19. The minimum Gasteiger partial charge on any atom is -0.481 e. The Kier molecular flexibility index (Phi) is 5.53. The second-order valence-corrected chi connectivity index (χ2v) is 6.56. The van der Waals surface area contributed by atoms with Gasteiger partial charge in [-0.25, -0.2) is 0 Å². The lowest BCUT2D eigenvalue weighted by Crippen LogP contribution is -2.32. The Bertz CT molecular complexity index is 535. The molecular weight excluding hydrogens is 266 g/mol. The van der Waals surface area contributed by atoms with Gasteiger partial charge in [-0.2, -0.15) is 0 Å². The number of hydrogen-bond acceptors (Lipinski definition) is 2. The molecular formula is C17H25NO3. The average Bonchev–Trinajstić information content (AvgIpc) is 2.29. The summed E-state index contributed by atoms with van der Waals surface area (Å²) < 4.78 is 0. The zero-order valence-corrected chi connectivity index (χ0v) is 13.5. The molecule has 0 spiro atoms. The van der Waals surface area contributed by atoms with Gasteiger partial charge in [-0.3, -0.25) is 9.59 Å². The summed E-state index contributed by atoms with van der Waals surface area (Å²) in [4.78, 5) is 22.9. The van der Waals surface area contributed by atoms with Crippen molar-refractivity contribution in [1.29, 1.82) is 0 Å². The molecule has 4 heteroatoms. The second kappa shape index (κ2) is 6.74. The summed E-state index contributed by atoms with van der Waals surface area (Å²) in [7, 11) is 0. The number of aliphatic carboxylic acids is 1. The number of nitrogens with one attached hydrogen (secondary N) is 1. The summed E-state index contributed by atoms with van der Waals surface area (Å²) in [6.07, 6.45) is 0.187. The number of carboxylic acids is 1. The molecule has 1 rings (SSSR count). The second-order valence-electron chi connectivity index (χ2n) is 6.56. The van der Waals surface area contributed by atoms with Crippen LogP contribution >= 0.6 is 0 Å². The fourth-order valence-electron chi connectivity index (χ4n) is 2.50. The van der Waals surface area contributed by atoms with Gasteiger partial charge in [-0.05, 0) is 37.3 Å². The molecule has 0 aromatic heterocycles. The molecule has 0 fully saturated rings. The molecule has 0 heterocycles. The van der Waals surface area contributed by atoms with E-state index in [0.29, 0.717) is 0 Å². The van der Waals surface area contributed by atoms with Gasteiger partial charge in [0.2, 0.25) is 5.91 Å². The van der Waals surface area contributed by atoms with Gasteiger partial charge in [-0.15, -0.1) is 0 Å². The van der Waals surface area contributed by atoms with Crippen LogP contribution in [-0.4, -0.2) is 17.0 Å². The van der Waals surface area contributed by atoms with Crippen LogP contribution in [0.2, 0.25) is 0 Å². The van der Waals surface area contributed by atoms with E-state index < -0.39 is 11.4 Å². The Morgan fingerprint density at radius 1 is 1.24 bits per heavy atom. The Balaban J connectivity index is 2.70. The first-order valence-corrected chi connectivity index (χ1v) is 7.19. The maximum Gasteiger partial charge on any atom is 0.303 e. The molecule has 0 saturated carbocycles. The predicted molar refractivity (Wildman–Crippen MR) is 83.1 cm³/mol. The molecule has 0 radical (unpaired) electrons. The van der Waals surface area contributed by atoms with Crippen LogP contribution in [0.4, 0.5) is 0 Å². The van der Waals surface area contributed by atoms with Crippen LogP contribution in [0.3, 0.4) is 0 Å². The summed E-state index contributed by atoms with van der Waals surface area (Å²) in [5.74, 6) is -0.995. The van der Waals surface area contributed by atoms with Crippen LogP contribution in [0.1, 0.15) is 56.3 Å². The van der Waals surface area contributed by atoms with Crippen molar-refractivity contribution in [3.8, 4) is 0 Å². The smallest absolute Gasteiger partial charge is 0.303 e. The Hall–Kier alpha value is -1.84. The maximum absolute atomic E-state index is 12.1. The largest absolute Gasteiger partial charge is 0.481 e. The molecule has 1 atom stereocenters. The molecule has 0 aliphatic carbocycles. The Morgan fingerprint density at radius 3 is 2.43 bits per heavy atom. The standard InChI is InChI=1S/C17H25NO3/c1-11-6-7-12(2)14(8-11)13(3)18-15(19)9-17(4,5)10-16(20)21/h6-8,13H,9-10H2,1-5H3,(H,18,19)(H,20,21). The van der Waals surface area contributed by atoms with Crippen molar-refractivity contribution >= 4 is 11.9 Å². The summed E-state index contributed by atoms with van der Waals surface area (Å²) in [6.45, 7) is 9.58. The highest BCUT2D eigenvalue weighted by Crippen LogP contribution is 2.26. The monoisotopic (exact) mass is 291 g/mol. The normalized spacial score (nSPS) is 12.8. The zero-order valence-electron chi connectivity index (χ0n) is 13.5. The van der Waals surface area contributed by atoms with Crippen LogP contribution in [0.5, 0.6) is 0 Å². The van der Waals surface area contributed by atoms with Gasteiger partial charge in [-0.1, -0.05) is 37.6 Å². The van der Waals surface area contributed by atoms with Crippen molar-refractivity contribution in [1.82, 2.24) is 5.32 Å². The number of carbonyl (C=O) groups is 2. The molecule has 116 valence electrons. The number of carbonyl (C=O) groups excluding carboxylic acids is 1. The Morgan fingerprint density at radius 2 is 1.86 bits per heavy atom. The average molecular weight is 291 g/mol. The molecule has 1 aromatic carbocycles. The number of aryl methyl sites for hydroxylation is 2. The molecule has 1 aromatic rings. The van der Waals surface area contributed by atoms with Crippen molar-refractivity contribution in [3.05, 3.63) is 34.9 Å². The van der Waals surface area contributed by atoms with E-state index >= 15 is 0 Å². The van der Waals surface area contributed by atoms with E-state index in [4.69, 9.17) is 5.11 Å². The van der Waals surface area contributed by atoms with Gasteiger partial charge in [0.05, 0.1) is 12.5 Å². The summed E-state index contributed by atoms with van der Waals surface area (Å²) in [5, 5.41) is 11.8.